The predicted molar refractivity (Wildman–Crippen MR) is 128 cm³/mol. The molecule has 0 fully saturated rings. The number of benzene rings is 1. The third kappa shape index (κ3) is 6.28. The van der Waals surface area contributed by atoms with Crippen molar-refractivity contribution < 1.29 is 18.8 Å². The van der Waals surface area contributed by atoms with Gasteiger partial charge in [0.1, 0.15) is 17.6 Å². The van der Waals surface area contributed by atoms with Crippen molar-refractivity contribution in [1.29, 1.82) is 5.41 Å². The van der Waals surface area contributed by atoms with Crippen LogP contribution in [0, 0.1) is 11.2 Å². The Kier molecular flexibility index (Phi) is 9.08. The molecule has 2 rings (SSSR count). The Morgan fingerprint density at radius 1 is 1.21 bits per heavy atom. The fourth-order valence-electron chi connectivity index (χ4n) is 3.49. The van der Waals surface area contributed by atoms with Gasteiger partial charge in [-0.25, -0.2) is 4.39 Å². The molecular weight excluding hydrogens is 463 g/mol. The summed E-state index contributed by atoms with van der Waals surface area (Å²) in [4.78, 5) is 42.6. The molecule has 5 N–H and O–H groups in total. The van der Waals surface area contributed by atoms with Gasteiger partial charge >= 0.3 is 0 Å². The number of carbonyl (C=O) groups is 3. The summed E-state index contributed by atoms with van der Waals surface area (Å²) in [5.74, 6) is -2.40. The number of amides is 3. The Labute approximate surface area is 202 Å². The van der Waals surface area contributed by atoms with Crippen LogP contribution in [0.15, 0.2) is 36.7 Å². The average Bonchev–Trinajstić information content (AvgIpc) is 2.78. The highest BCUT2D eigenvalue weighted by Crippen LogP contribution is 2.23. The van der Waals surface area contributed by atoms with Gasteiger partial charge in [-0.05, 0) is 39.8 Å². The number of pyridine rings is 1. The molecule has 0 aliphatic heterocycles. The topological polar surface area (TPSA) is 141 Å². The van der Waals surface area contributed by atoms with Crippen molar-refractivity contribution in [2.45, 2.75) is 45.8 Å². The lowest BCUT2D eigenvalue weighted by molar-refractivity contribution is -0.140. The SMILES string of the molecule is CC(NC(=O)C(C)N(C(=O)CNc1cnccc1C(=N)C(N)=O)C(C)C)c1cccc(Cl)c1F. The van der Waals surface area contributed by atoms with Crippen LogP contribution in [0.5, 0.6) is 0 Å². The lowest BCUT2D eigenvalue weighted by Crippen LogP contribution is -2.52. The molecule has 0 saturated heterocycles. The van der Waals surface area contributed by atoms with Crippen molar-refractivity contribution in [3.8, 4) is 0 Å². The molecule has 0 spiro atoms. The van der Waals surface area contributed by atoms with Crippen LogP contribution < -0.4 is 16.4 Å². The minimum absolute atomic E-state index is 0.0455. The molecule has 2 atom stereocenters. The summed E-state index contributed by atoms with van der Waals surface area (Å²) >= 11 is 5.83. The smallest absolute Gasteiger partial charge is 0.267 e. The number of nitrogens with two attached hydrogens (primary N) is 1. The van der Waals surface area contributed by atoms with Crippen molar-refractivity contribution in [2.75, 3.05) is 11.9 Å². The molecule has 34 heavy (non-hydrogen) atoms. The van der Waals surface area contributed by atoms with E-state index in [1.807, 2.05) is 0 Å². The zero-order valence-electron chi connectivity index (χ0n) is 19.4. The van der Waals surface area contributed by atoms with Gasteiger partial charge in [-0.1, -0.05) is 23.7 Å². The van der Waals surface area contributed by atoms with Crippen LogP contribution in [-0.2, 0) is 14.4 Å². The van der Waals surface area contributed by atoms with E-state index >= 15 is 0 Å². The fourth-order valence-corrected chi connectivity index (χ4v) is 3.67. The molecule has 1 aromatic heterocycles. The zero-order valence-corrected chi connectivity index (χ0v) is 20.1. The first-order valence-corrected chi connectivity index (χ1v) is 11.0. The van der Waals surface area contributed by atoms with Crippen LogP contribution in [0.3, 0.4) is 0 Å². The number of halogens is 2. The molecule has 0 aliphatic carbocycles. The van der Waals surface area contributed by atoms with Gasteiger partial charge in [-0.2, -0.15) is 0 Å². The number of carbonyl (C=O) groups excluding carboxylic acids is 3. The number of primary amides is 1. The second-order valence-electron chi connectivity index (χ2n) is 7.96. The highest BCUT2D eigenvalue weighted by molar-refractivity contribution is 6.44. The van der Waals surface area contributed by atoms with Crippen molar-refractivity contribution in [3.05, 3.63) is 58.6 Å². The summed E-state index contributed by atoms with van der Waals surface area (Å²) in [6.45, 7) is 6.51. The number of rotatable bonds is 10. The van der Waals surface area contributed by atoms with Crippen LogP contribution in [0.2, 0.25) is 5.02 Å². The summed E-state index contributed by atoms with van der Waals surface area (Å²) in [6.07, 6.45) is 2.77. The van der Waals surface area contributed by atoms with Crippen LogP contribution >= 0.6 is 11.6 Å². The highest BCUT2D eigenvalue weighted by Gasteiger charge is 2.29. The van der Waals surface area contributed by atoms with Gasteiger partial charge in [0.25, 0.3) is 5.91 Å². The van der Waals surface area contributed by atoms with Crippen molar-refractivity contribution >= 4 is 40.7 Å². The van der Waals surface area contributed by atoms with E-state index in [2.05, 4.69) is 15.6 Å². The minimum atomic E-state index is -0.917. The van der Waals surface area contributed by atoms with E-state index in [1.54, 1.807) is 33.8 Å². The maximum Gasteiger partial charge on any atom is 0.267 e. The molecule has 11 heteroatoms. The number of hydrogen-bond acceptors (Lipinski definition) is 6. The maximum absolute atomic E-state index is 14.3. The second-order valence-corrected chi connectivity index (χ2v) is 8.37. The first-order valence-electron chi connectivity index (χ1n) is 10.6. The van der Waals surface area contributed by atoms with Crippen molar-refractivity contribution in [2.24, 2.45) is 5.73 Å². The Hall–Kier alpha value is -3.53. The molecular formula is C23H28ClFN6O3. The third-order valence-electron chi connectivity index (χ3n) is 5.21. The molecule has 0 aliphatic rings. The molecule has 9 nitrogen and oxygen atoms in total. The molecule has 0 radical (unpaired) electrons. The van der Waals surface area contributed by atoms with Gasteiger partial charge in [0.15, 0.2) is 0 Å². The quantitative estimate of drug-likeness (QED) is 0.379. The number of nitrogens with zero attached hydrogens (tertiary/aromatic N) is 2. The van der Waals surface area contributed by atoms with E-state index in [4.69, 9.17) is 22.7 Å². The second kappa shape index (κ2) is 11.6. The van der Waals surface area contributed by atoms with E-state index in [1.165, 1.54) is 35.5 Å². The monoisotopic (exact) mass is 490 g/mol. The number of anilines is 1. The number of aromatic nitrogens is 1. The van der Waals surface area contributed by atoms with Crippen molar-refractivity contribution in [3.63, 3.8) is 0 Å². The molecule has 0 bridgehead atoms. The van der Waals surface area contributed by atoms with Gasteiger partial charge in [0.2, 0.25) is 11.8 Å². The first kappa shape index (κ1) is 26.7. The van der Waals surface area contributed by atoms with Crippen LogP contribution in [0.25, 0.3) is 0 Å². The van der Waals surface area contributed by atoms with E-state index in [0.717, 1.165) is 0 Å². The van der Waals surface area contributed by atoms with E-state index in [0.29, 0.717) is 0 Å². The lowest BCUT2D eigenvalue weighted by Gasteiger charge is -2.33. The van der Waals surface area contributed by atoms with E-state index in [9.17, 15) is 18.8 Å². The zero-order chi connectivity index (χ0) is 25.6. The maximum atomic E-state index is 14.3. The molecule has 0 saturated carbocycles. The summed E-state index contributed by atoms with van der Waals surface area (Å²) in [6, 6.07) is 4.11. The van der Waals surface area contributed by atoms with Gasteiger partial charge in [-0.15, -0.1) is 0 Å². The van der Waals surface area contributed by atoms with E-state index < -0.39 is 41.3 Å². The molecule has 182 valence electrons. The number of nitrogens with one attached hydrogen (secondary N) is 3. The predicted octanol–water partition coefficient (Wildman–Crippen LogP) is 2.64. The molecule has 1 heterocycles. The van der Waals surface area contributed by atoms with Gasteiger partial charge in [0, 0.05) is 23.4 Å². The Morgan fingerprint density at radius 3 is 2.50 bits per heavy atom. The highest BCUT2D eigenvalue weighted by atomic mass is 35.5. The Balaban J connectivity index is 2.12. The minimum Gasteiger partial charge on any atom is -0.374 e. The van der Waals surface area contributed by atoms with Crippen LogP contribution in [0.1, 0.15) is 44.9 Å². The lowest BCUT2D eigenvalue weighted by atomic mass is 10.1. The molecule has 2 aromatic rings. The summed E-state index contributed by atoms with van der Waals surface area (Å²) in [5, 5.41) is 13.4. The standard InChI is InChI=1S/C23H28ClFN6O3/c1-12(2)31(14(4)23(34)30-13(3)15-6-5-7-17(24)20(15)25)19(32)11-29-18-10-28-9-8-16(18)21(26)22(27)33/h5-10,12-14,26,29H,11H2,1-4H3,(H2,27,33)(H,30,34). The fraction of sp³-hybridized carbons (Fsp3) is 0.348. The van der Waals surface area contributed by atoms with Crippen LogP contribution in [0.4, 0.5) is 10.1 Å². The molecule has 2 unspecified atom stereocenters. The first-order chi connectivity index (χ1) is 16.0. The van der Waals surface area contributed by atoms with Crippen molar-refractivity contribution in [1.82, 2.24) is 15.2 Å². The van der Waals surface area contributed by atoms with E-state index in [-0.39, 0.29) is 34.4 Å². The van der Waals surface area contributed by atoms with Gasteiger partial charge < -0.3 is 21.3 Å². The van der Waals surface area contributed by atoms with Gasteiger partial charge in [0.05, 0.1) is 29.5 Å². The summed E-state index contributed by atoms with van der Waals surface area (Å²) < 4.78 is 14.3. The van der Waals surface area contributed by atoms with Crippen LogP contribution in [-0.4, -0.2) is 51.9 Å². The number of hydrogen-bond donors (Lipinski definition) is 4. The average molecular weight is 491 g/mol. The molecule has 3 amide bonds. The Bertz CT molecular complexity index is 1090. The largest absolute Gasteiger partial charge is 0.374 e. The normalized spacial score (nSPS) is 12.6. The molecule has 1 aromatic carbocycles. The van der Waals surface area contributed by atoms with Gasteiger partial charge in [-0.3, -0.25) is 24.8 Å². The Morgan fingerprint density at radius 2 is 1.88 bits per heavy atom. The summed E-state index contributed by atoms with van der Waals surface area (Å²) in [5.41, 5.74) is 5.49. The summed E-state index contributed by atoms with van der Waals surface area (Å²) in [7, 11) is 0. The third-order valence-corrected chi connectivity index (χ3v) is 5.51.